The maximum absolute atomic E-state index is 12.9. The Morgan fingerprint density at radius 3 is 0.797 bits per heavy atom. The van der Waals surface area contributed by atoms with E-state index in [1.54, 1.807) is 0 Å². The van der Waals surface area contributed by atoms with Crippen molar-refractivity contribution in [2.45, 2.75) is 309 Å². The molecule has 0 aromatic heterocycles. The SMILES string of the molecule is CC/C=C\C/C=C\C/C=C\C/C=C\C/C=C\C/C=C\CCCCCCCCCCC(=O)OCC(COC(=O)CCCCC/C=C\C/C=C\C/C=C\CC)OC(=O)CCCCCCCCCCC/C=C\CCCCCCCCCC. The topological polar surface area (TPSA) is 78.9 Å². The number of carbonyl (C=O) groups is 3. The van der Waals surface area contributed by atoms with Gasteiger partial charge >= 0.3 is 17.9 Å². The molecule has 6 nitrogen and oxygen atoms in total. The van der Waals surface area contributed by atoms with Crippen molar-refractivity contribution in [3.05, 3.63) is 122 Å². The van der Waals surface area contributed by atoms with Crippen molar-refractivity contribution >= 4 is 17.9 Å². The molecule has 0 radical (unpaired) electrons. The molecule has 0 aromatic rings. The summed E-state index contributed by atoms with van der Waals surface area (Å²) < 4.78 is 16.9. The van der Waals surface area contributed by atoms with Gasteiger partial charge in [0.1, 0.15) is 13.2 Å². The van der Waals surface area contributed by atoms with E-state index in [9.17, 15) is 14.4 Å². The molecule has 0 heterocycles. The van der Waals surface area contributed by atoms with Crippen LogP contribution in [0.4, 0.5) is 0 Å². The fourth-order valence-corrected chi connectivity index (χ4v) is 9.04. The molecular formula is C73H122O6. The largest absolute Gasteiger partial charge is 0.462 e. The van der Waals surface area contributed by atoms with Gasteiger partial charge in [0.05, 0.1) is 0 Å². The summed E-state index contributed by atoms with van der Waals surface area (Å²) in [6.07, 6.45) is 92.1. The second-order valence-electron chi connectivity index (χ2n) is 21.6. The van der Waals surface area contributed by atoms with Crippen LogP contribution < -0.4 is 0 Å². The molecule has 0 aliphatic carbocycles. The monoisotopic (exact) mass is 1090 g/mol. The van der Waals surface area contributed by atoms with E-state index in [2.05, 4.69) is 142 Å². The highest BCUT2D eigenvalue weighted by Gasteiger charge is 2.19. The molecule has 0 spiro atoms. The second kappa shape index (κ2) is 66.3. The lowest BCUT2D eigenvalue weighted by Gasteiger charge is -2.18. The van der Waals surface area contributed by atoms with Crippen LogP contribution in [0.3, 0.4) is 0 Å². The summed E-state index contributed by atoms with van der Waals surface area (Å²) in [7, 11) is 0. The van der Waals surface area contributed by atoms with E-state index in [1.165, 1.54) is 135 Å². The maximum atomic E-state index is 12.9. The normalized spacial score (nSPS) is 12.9. The molecule has 0 rings (SSSR count). The van der Waals surface area contributed by atoms with Gasteiger partial charge < -0.3 is 14.2 Å². The van der Waals surface area contributed by atoms with Crippen LogP contribution >= 0.6 is 0 Å². The third-order valence-corrected chi connectivity index (χ3v) is 13.9. The van der Waals surface area contributed by atoms with Crippen molar-refractivity contribution in [3.63, 3.8) is 0 Å². The number of rotatable bonds is 59. The Hall–Kier alpha value is -4.19. The first-order valence-corrected chi connectivity index (χ1v) is 33.0. The molecule has 0 aliphatic rings. The van der Waals surface area contributed by atoms with Crippen LogP contribution in [0.2, 0.25) is 0 Å². The lowest BCUT2D eigenvalue weighted by atomic mass is 10.1. The summed E-state index contributed by atoms with van der Waals surface area (Å²) in [5.74, 6) is -0.928. The van der Waals surface area contributed by atoms with E-state index >= 15 is 0 Å². The molecule has 0 amide bonds. The van der Waals surface area contributed by atoms with Gasteiger partial charge in [0.25, 0.3) is 0 Å². The molecule has 0 saturated carbocycles. The molecule has 0 bridgehead atoms. The Morgan fingerprint density at radius 2 is 0.494 bits per heavy atom. The van der Waals surface area contributed by atoms with Crippen molar-refractivity contribution in [2.24, 2.45) is 0 Å². The van der Waals surface area contributed by atoms with Gasteiger partial charge in [-0.15, -0.1) is 0 Å². The molecule has 79 heavy (non-hydrogen) atoms. The first-order valence-electron chi connectivity index (χ1n) is 33.0. The molecule has 1 atom stereocenters. The third kappa shape index (κ3) is 64.5. The van der Waals surface area contributed by atoms with Crippen molar-refractivity contribution in [3.8, 4) is 0 Å². The van der Waals surface area contributed by atoms with Crippen LogP contribution in [-0.2, 0) is 28.6 Å². The first kappa shape index (κ1) is 74.8. The zero-order valence-corrected chi connectivity index (χ0v) is 51.6. The summed E-state index contributed by atoms with van der Waals surface area (Å²) in [4.78, 5) is 38.3. The number of carbonyl (C=O) groups excluding carboxylic acids is 3. The fraction of sp³-hybridized carbons (Fsp3) is 0.685. The molecule has 0 aliphatic heterocycles. The zero-order valence-electron chi connectivity index (χ0n) is 51.6. The molecule has 1 unspecified atom stereocenters. The molecular weight excluding hydrogens is 973 g/mol. The average Bonchev–Trinajstić information content (AvgIpc) is 3.45. The Labute approximate surface area is 488 Å². The number of hydrogen-bond donors (Lipinski definition) is 0. The van der Waals surface area contributed by atoms with Gasteiger partial charge in [-0.2, -0.15) is 0 Å². The van der Waals surface area contributed by atoms with Gasteiger partial charge in [0, 0.05) is 19.3 Å². The van der Waals surface area contributed by atoms with Crippen LogP contribution in [0, 0.1) is 0 Å². The number of allylic oxidation sites excluding steroid dienone is 20. The van der Waals surface area contributed by atoms with Crippen LogP contribution in [0.15, 0.2) is 122 Å². The Bertz CT molecular complexity index is 1640. The van der Waals surface area contributed by atoms with Crippen LogP contribution in [0.25, 0.3) is 0 Å². The number of hydrogen-bond acceptors (Lipinski definition) is 6. The molecule has 450 valence electrons. The molecule has 0 saturated heterocycles. The van der Waals surface area contributed by atoms with Gasteiger partial charge in [-0.05, 0) is 128 Å². The molecule has 0 fully saturated rings. The van der Waals surface area contributed by atoms with E-state index in [0.29, 0.717) is 19.3 Å². The Morgan fingerprint density at radius 1 is 0.266 bits per heavy atom. The number of esters is 3. The fourth-order valence-electron chi connectivity index (χ4n) is 9.04. The second-order valence-corrected chi connectivity index (χ2v) is 21.6. The van der Waals surface area contributed by atoms with Gasteiger partial charge in [0.15, 0.2) is 6.10 Å². The Kier molecular flexibility index (Phi) is 62.8. The van der Waals surface area contributed by atoms with Crippen LogP contribution in [-0.4, -0.2) is 37.2 Å². The minimum absolute atomic E-state index is 0.0943. The summed E-state index contributed by atoms with van der Waals surface area (Å²) in [5.41, 5.74) is 0. The lowest BCUT2D eigenvalue weighted by molar-refractivity contribution is -0.167. The van der Waals surface area contributed by atoms with E-state index in [0.717, 1.165) is 128 Å². The van der Waals surface area contributed by atoms with Crippen molar-refractivity contribution in [1.29, 1.82) is 0 Å². The van der Waals surface area contributed by atoms with Crippen molar-refractivity contribution in [1.82, 2.24) is 0 Å². The first-order chi connectivity index (χ1) is 39.0. The highest BCUT2D eigenvalue weighted by atomic mass is 16.6. The summed E-state index contributed by atoms with van der Waals surface area (Å²) in [6.45, 7) is 6.40. The Balaban J connectivity index is 4.36. The minimum Gasteiger partial charge on any atom is -0.462 e. The van der Waals surface area contributed by atoms with E-state index < -0.39 is 6.10 Å². The predicted molar refractivity (Wildman–Crippen MR) is 343 cm³/mol. The summed E-state index contributed by atoms with van der Waals surface area (Å²) >= 11 is 0. The van der Waals surface area contributed by atoms with Gasteiger partial charge in [0.2, 0.25) is 0 Å². The lowest BCUT2D eigenvalue weighted by Crippen LogP contribution is -2.30. The number of unbranched alkanes of at least 4 members (excludes halogenated alkanes) is 28. The molecule has 0 N–H and O–H groups in total. The minimum atomic E-state index is -0.799. The smallest absolute Gasteiger partial charge is 0.306 e. The third-order valence-electron chi connectivity index (χ3n) is 13.9. The van der Waals surface area contributed by atoms with E-state index in [1.807, 2.05) is 0 Å². The van der Waals surface area contributed by atoms with Crippen LogP contribution in [0.1, 0.15) is 303 Å². The van der Waals surface area contributed by atoms with E-state index in [4.69, 9.17) is 14.2 Å². The standard InChI is InChI=1S/C73H122O6/c1-4-7-10-13-16-19-22-25-27-29-31-33-34-35-36-37-38-40-41-43-45-48-51-54-57-60-63-66-72(75)78-69-70(68-77-71(74)65-62-59-56-53-50-47-24-21-18-15-12-9-6-3)79-73(76)67-64-61-58-55-52-49-46-44-42-39-32-30-28-26-23-20-17-14-11-8-5-2/h7,9-10,12,16,18-19,21,25,27,30-33,35-36,38,40,47,50,70H,4-6,8,11,13-15,17,20,22-24,26,28-29,34,37,39,41-46,48-49,51-69H2,1-3H3/b10-7-,12-9-,19-16-,21-18-,27-25-,32-30-,33-31-,36-35-,40-38-,50-47-. The van der Waals surface area contributed by atoms with Gasteiger partial charge in [-0.3, -0.25) is 14.4 Å². The zero-order chi connectivity index (χ0) is 57.1. The maximum Gasteiger partial charge on any atom is 0.306 e. The average molecular weight is 1100 g/mol. The van der Waals surface area contributed by atoms with Gasteiger partial charge in [-0.25, -0.2) is 0 Å². The summed E-state index contributed by atoms with van der Waals surface area (Å²) in [5, 5.41) is 0. The highest BCUT2D eigenvalue weighted by molar-refractivity contribution is 5.71. The van der Waals surface area contributed by atoms with Crippen molar-refractivity contribution < 1.29 is 28.6 Å². The quantitative estimate of drug-likeness (QED) is 0.0261. The van der Waals surface area contributed by atoms with Crippen LogP contribution in [0.5, 0.6) is 0 Å². The van der Waals surface area contributed by atoms with Gasteiger partial charge in [-0.1, -0.05) is 277 Å². The molecule has 6 heteroatoms. The van der Waals surface area contributed by atoms with Crippen molar-refractivity contribution in [2.75, 3.05) is 13.2 Å². The summed E-state index contributed by atoms with van der Waals surface area (Å²) in [6, 6.07) is 0. The predicted octanol–water partition coefficient (Wildman–Crippen LogP) is 22.8. The van der Waals surface area contributed by atoms with E-state index in [-0.39, 0.29) is 31.1 Å². The highest BCUT2D eigenvalue weighted by Crippen LogP contribution is 2.16. The number of ether oxygens (including phenoxy) is 3. The molecule has 0 aromatic carbocycles.